The molecule has 0 radical (unpaired) electrons. The summed E-state index contributed by atoms with van der Waals surface area (Å²) in [4.78, 5) is 68.6. The van der Waals surface area contributed by atoms with E-state index in [0.29, 0.717) is 7.16 Å². The van der Waals surface area contributed by atoms with E-state index in [9.17, 15) is 39.6 Å². The van der Waals surface area contributed by atoms with Gasteiger partial charge in [-0.05, 0) is 80.6 Å². The minimum absolute atomic E-state index is 0.0340. The van der Waals surface area contributed by atoms with E-state index in [2.05, 4.69) is 0 Å². The van der Waals surface area contributed by atoms with Crippen LogP contribution in [-0.4, -0.2) is 43.6 Å². The SMILES string of the molecule is O=C1CC(I)=CC(O)=C1OOC1=C(O)C=C(C2=CC(O)=C(OOC3=C(O)C=C(I)CC3=O)C(=O)C2)CC1=O. The zero-order chi connectivity index (χ0) is 27.7. The Morgan fingerprint density at radius 2 is 0.737 bits per heavy atom. The van der Waals surface area contributed by atoms with Crippen molar-refractivity contribution < 1.29 is 59.2 Å². The van der Waals surface area contributed by atoms with E-state index < -0.39 is 69.2 Å². The smallest absolute Gasteiger partial charge is 0.263 e. The standard InChI is InChI=1S/C24H16I2O12/c25-11-5-17(31)23(18(32)6-11)37-35-21-13(27)1-9(2-14(21)28)10-3-15(29)22(16(30)4-10)36-38-24-19(33)7-12(26)8-20(24)34/h1,3,5,7,27,29,31,33H,2,4,6,8H2. The number of carbonyl (C=O) groups is 4. The Bertz CT molecular complexity index is 1320. The van der Waals surface area contributed by atoms with Crippen molar-refractivity contribution in [1.82, 2.24) is 0 Å². The highest BCUT2D eigenvalue weighted by Gasteiger charge is 2.33. The zero-order valence-corrected chi connectivity index (χ0v) is 23.3. The second kappa shape index (κ2) is 11.1. The highest BCUT2D eigenvalue weighted by atomic mass is 127. The van der Waals surface area contributed by atoms with Crippen LogP contribution in [-0.2, 0) is 38.7 Å². The maximum Gasteiger partial charge on any atom is 0.263 e. The Kier molecular flexibility index (Phi) is 8.00. The van der Waals surface area contributed by atoms with Crippen molar-refractivity contribution in [2.75, 3.05) is 0 Å². The maximum atomic E-state index is 12.6. The Morgan fingerprint density at radius 3 is 1.00 bits per heavy atom. The summed E-state index contributed by atoms with van der Waals surface area (Å²) in [5, 5.41) is 40.4. The first kappa shape index (κ1) is 27.5. The lowest BCUT2D eigenvalue weighted by molar-refractivity contribution is -0.231. The topological polar surface area (TPSA) is 186 Å². The van der Waals surface area contributed by atoms with E-state index in [0.717, 1.165) is 12.2 Å². The first-order valence-corrected chi connectivity index (χ1v) is 12.8. The maximum absolute atomic E-state index is 12.6. The van der Waals surface area contributed by atoms with E-state index >= 15 is 0 Å². The van der Waals surface area contributed by atoms with Crippen molar-refractivity contribution in [1.29, 1.82) is 0 Å². The van der Waals surface area contributed by atoms with Crippen molar-refractivity contribution in [2.24, 2.45) is 0 Å². The number of ketones is 4. The highest BCUT2D eigenvalue weighted by Crippen LogP contribution is 2.34. The fourth-order valence-electron chi connectivity index (χ4n) is 3.57. The number of halogens is 2. The van der Waals surface area contributed by atoms with Crippen LogP contribution in [0.15, 0.2) is 88.7 Å². The van der Waals surface area contributed by atoms with Gasteiger partial charge in [-0.1, -0.05) is 0 Å². The number of hydrogen-bond donors (Lipinski definition) is 4. The number of carbonyl (C=O) groups excluding carboxylic acids is 4. The van der Waals surface area contributed by atoms with Crippen LogP contribution in [0.3, 0.4) is 0 Å². The number of aliphatic hydroxyl groups excluding tert-OH is 4. The molecule has 12 nitrogen and oxygen atoms in total. The van der Waals surface area contributed by atoms with Crippen LogP contribution in [0.25, 0.3) is 0 Å². The van der Waals surface area contributed by atoms with Crippen molar-refractivity contribution in [3.05, 3.63) is 88.7 Å². The molecule has 14 heteroatoms. The molecular formula is C24H16I2O12. The Morgan fingerprint density at radius 1 is 0.474 bits per heavy atom. The second-order valence-electron chi connectivity index (χ2n) is 8.11. The molecule has 0 spiro atoms. The van der Waals surface area contributed by atoms with E-state index in [4.69, 9.17) is 19.6 Å². The molecular weight excluding hydrogens is 734 g/mol. The number of Topliss-reactive ketones (excluding diaryl/α,β-unsaturated/α-hetero) is 4. The van der Waals surface area contributed by atoms with Crippen LogP contribution >= 0.6 is 45.2 Å². The molecule has 4 aliphatic rings. The predicted molar refractivity (Wildman–Crippen MR) is 142 cm³/mol. The minimum atomic E-state index is -0.767. The lowest BCUT2D eigenvalue weighted by Crippen LogP contribution is -2.21. The van der Waals surface area contributed by atoms with Crippen LogP contribution in [0.2, 0.25) is 0 Å². The zero-order valence-electron chi connectivity index (χ0n) is 18.9. The van der Waals surface area contributed by atoms with Gasteiger partial charge in [0.25, 0.3) is 23.0 Å². The van der Waals surface area contributed by atoms with E-state index in [1.165, 1.54) is 12.2 Å². The highest BCUT2D eigenvalue weighted by molar-refractivity contribution is 14.1. The summed E-state index contributed by atoms with van der Waals surface area (Å²) in [6.45, 7) is 0. The first-order chi connectivity index (χ1) is 17.9. The van der Waals surface area contributed by atoms with E-state index in [1.54, 1.807) is 0 Å². The summed E-state index contributed by atoms with van der Waals surface area (Å²) in [6.07, 6.45) is 4.02. The van der Waals surface area contributed by atoms with Crippen molar-refractivity contribution in [3.8, 4) is 0 Å². The summed E-state index contributed by atoms with van der Waals surface area (Å²) in [6, 6.07) is 0. The molecule has 0 amide bonds. The normalized spacial score (nSPS) is 20.8. The molecule has 0 aromatic rings. The summed E-state index contributed by atoms with van der Waals surface area (Å²) < 4.78 is 1.14. The molecule has 0 saturated carbocycles. The van der Waals surface area contributed by atoms with Crippen LogP contribution in [0.1, 0.15) is 25.7 Å². The first-order valence-electron chi connectivity index (χ1n) is 10.6. The molecule has 0 heterocycles. The van der Waals surface area contributed by atoms with Gasteiger partial charge in [-0.15, -0.1) is 0 Å². The molecule has 0 aliphatic heterocycles. The predicted octanol–water partition coefficient (Wildman–Crippen LogP) is 4.34. The van der Waals surface area contributed by atoms with Gasteiger partial charge in [-0.3, -0.25) is 38.7 Å². The van der Waals surface area contributed by atoms with Crippen molar-refractivity contribution in [2.45, 2.75) is 25.7 Å². The second-order valence-corrected chi connectivity index (χ2v) is 10.9. The third kappa shape index (κ3) is 5.79. The molecule has 0 fully saturated rings. The van der Waals surface area contributed by atoms with E-state index in [1.807, 2.05) is 45.2 Å². The van der Waals surface area contributed by atoms with Gasteiger partial charge in [0.05, 0.1) is 0 Å². The molecule has 0 aromatic heterocycles. The number of allylic oxidation sites excluding steroid dienone is 12. The van der Waals surface area contributed by atoms with Gasteiger partial charge in [-0.25, -0.2) is 0 Å². The monoisotopic (exact) mass is 750 g/mol. The molecule has 4 N–H and O–H groups in total. The summed E-state index contributed by atoms with van der Waals surface area (Å²) >= 11 is 3.73. The van der Waals surface area contributed by atoms with Crippen molar-refractivity contribution in [3.63, 3.8) is 0 Å². The molecule has 0 unspecified atom stereocenters. The van der Waals surface area contributed by atoms with Crippen LogP contribution in [0.4, 0.5) is 0 Å². The average Bonchev–Trinajstić information content (AvgIpc) is 2.80. The number of aliphatic hydroxyl groups is 4. The van der Waals surface area contributed by atoms with E-state index in [-0.39, 0.29) is 36.8 Å². The molecule has 0 bridgehead atoms. The lowest BCUT2D eigenvalue weighted by atomic mass is 9.88. The number of hydrogen-bond acceptors (Lipinski definition) is 12. The van der Waals surface area contributed by atoms with Gasteiger partial charge in [0, 0.05) is 32.8 Å². The van der Waals surface area contributed by atoms with Gasteiger partial charge in [-0.2, -0.15) is 0 Å². The molecule has 0 atom stereocenters. The summed E-state index contributed by atoms with van der Waals surface area (Å²) in [5.41, 5.74) is 0.353. The molecule has 4 rings (SSSR count). The largest absolute Gasteiger partial charge is 0.504 e. The summed E-state index contributed by atoms with van der Waals surface area (Å²) in [7, 11) is 0. The lowest BCUT2D eigenvalue weighted by Gasteiger charge is -2.21. The van der Waals surface area contributed by atoms with Gasteiger partial charge >= 0.3 is 0 Å². The van der Waals surface area contributed by atoms with Gasteiger partial charge in [0.15, 0.2) is 23.0 Å². The molecule has 4 aliphatic carbocycles. The molecule has 38 heavy (non-hydrogen) atoms. The Labute approximate surface area is 240 Å². The Hall–Kier alpha value is -3.54. The van der Waals surface area contributed by atoms with Crippen molar-refractivity contribution >= 4 is 68.3 Å². The van der Waals surface area contributed by atoms with Crippen LogP contribution in [0, 0.1) is 0 Å². The Balaban J connectivity index is 1.50. The van der Waals surface area contributed by atoms with Crippen LogP contribution < -0.4 is 0 Å². The third-order valence-corrected chi connectivity index (χ3v) is 6.73. The summed E-state index contributed by atoms with van der Waals surface area (Å²) in [5.74, 6) is -7.35. The molecule has 0 aromatic carbocycles. The van der Waals surface area contributed by atoms with Gasteiger partial charge < -0.3 is 20.4 Å². The molecule has 198 valence electrons. The van der Waals surface area contributed by atoms with Gasteiger partial charge in [0.1, 0.15) is 0 Å². The van der Waals surface area contributed by atoms with Crippen LogP contribution in [0.5, 0.6) is 0 Å². The minimum Gasteiger partial charge on any atom is -0.504 e. The fourth-order valence-corrected chi connectivity index (χ4v) is 4.86. The van der Waals surface area contributed by atoms with Gasteiger partial charge in [0.2, 0.25) is 23.1 Å². The quantitative estimate of drug-likeness (QED) is 0.164. The molecule has 0 saturated heterocycles. The average molecular weight is 750 g/mol. The number of rotatable bonds is 7. The fraction of sp³-hybridized carbons (Fsp3) is 0.167. The third-order valence-electron chi connectivity index (χ3n) is 5.34.